The fourth-order valence-corrected chi connectivity index (χ4v) is 2.58. The van der Waals surface area contributed by atoms with Gasteiger partial charge < -0.3 is 16.0 Å². The first-order valence-electron chi connectivity index (χ1n) is 5.98. The van der Waals surface area contributed by atoms with Gasteiger partial charge in [0.25, 0.3) is 0 Å². The molecule has 2 aliphatic rings. The van der Waals surface area contributed by atoms with E-state index in [1.807, 2.05) is 4.90 Å². The molecular formula is C11H21N3O. The summed E-state index contributed by atoms with van der Waals surface area (Å²) >= 11 is 0. The lowest BCUT2D eigenvalue weighted by Crippen LogP contribution is -2.60. The van der Waals surface area contributed by atoms with Gasteiger partial charge >= 0.3 is 0 Å². The van der Waals surface area contributed by atoms with E-state index in [1.54, 1.807) is 0 Å². The van der Waals surface area contributed by atoms with Crippen LogP contribution in [0.15, 0.2) is 0 Å². The van der Waals surface area contributed by atoms with E-state index in [0.29, 0.717) is 12.5 Å². The molecule has 0 saturated carbocycles. The molecule has 0 radical (unpaired) electrons. The first-order chi connectivity index (χ1) is 7.24. The van der Waals surface area contributed by atoms with Gasteiger partial charge in [-0.1, -0.05) is 6.92 Å². The summed E-state index contributed by atoms with van der Waals surface area (Å²) in [6.45, 7) is 4.67. The summed E-state index contributed by atoms with van der Waals surface area (Å²) < 4.78 is 0. The van der Waals surface area contributed by atoms with E-state index in [9.17, 15) is 4.79 Å². The van der Waals surface area contributed by atoms with Crippen LogP contribution < -0.4 is 11.1 Å². The third kappa shape index (κ3) is 2.01. The molecule has 0 bridgehead atoms. The van der Waals surface area contributed by atoms with E-state index in [-0.39, 0.29) is 18.0 Å². The summed E-state index contributed by atoms with van der Waals surface area (Å²) in [5, 5.41) is 3.17. The minimum absolute atomic E-state index is 0.0735. The van der Waals surface area contributed by atoms with Crippen LogP contribution in [0, 0.1) is 5.92 Å². The van der Waals surface area contributed by atoms with Crippen molar-refractivity contribution in [1.29, 1.82) is 0 Å². The largest absolute Gasteiger partial charge is 0.337 e. The van der Waals surface area contributed by atoms with Crippen molar-refractivity contribution in [3.63, 3.8) is 0 Å². The highest BCUT2D eigenvalue weighted by Crippen LogP contribution is 2.24. The van der Waals surface area contributed by atoms with Crippen molar-refractivity contribution in [3.05, 3.63) is 0 Å². The molecule has 2 rings (SSSR count). The second-order valence-corrected chi connectivity index (χ2v) is 4.75. The number of amides is 1. The Morgan fingerprint density at radius 3 is 2.80 bits per heavy atom. The van der Waals surface area contributed by atoms with Gasteiger partial charge in [0.15, 0.2) is 0 Å². The van der Waals surface area contributed by atoms with Crippen LogP contribution in [0.25, 0.3) is 0 Å². The number of piperidine rings is 1. The highest BCUT2D eigenvalue weighted by atomic mass is 16.2. The molecule has 2 heterocycles. The van der Waals surface area contributed by atoms with Crippen LogP contribution in [0.3, 0.4) is 0 Å². The lowest BCUT2D eigenvalue weighted by molar-refractivity contribution is -0.140. The quantitative estimate of drug-likeness (QED) is 0.672. The van der Waals surface area contributed by atoms with E-state index in [4.69, 9.17) is 5.73 Å². The topological polar surface area (TPSA) is 58.4 Å². The second kappa shape index (κ2) is 4.49. The molecular weight excluding hydrogens is 190 g/mol. The predicted octanol–water partition coefficient (Wildman–Crippen LogP) is -0.0659. The van der Waals surface area contributed by atoms with Gasteiger partial charge in [-0.15, -0.1) is 0 Å². The molecule has 0 aromatic heterocycles. The van der Waals surface area contributed by atoms with Crippen LogP contribution in [0.1, 0.15) is 26.2 Å². The maximum atomic E-state index is 12.1. The summed E-state index contributed by atoms with van der Waals surface area (Å²) in [5.41, 5.74) is 5.77. The molecule has 15 heavy (non-hydrogen) atoms. The van der Waals surface area contributed by atoms with Gasteiger partial charge in [0.2, 0.25) is 5.91 Å². The zero-order valence-corrected chi connectivity index (χ0v) is 9.41. The molecule has 2 aliphatic heterocycles. The van der Waals surface area contributed by atoms with Crippen molar-refractivity contribution >= 4 is 5.91 Å². The second-order valence-electron chi connectivity index (χ2n) is 4.75. The molecule has 1 amide bonds. The van der Waals surface area contributed by atoms with Gasteiger partial charge in [-0.25, -0.2) is 0 Å². The first kappa shape index (κ1) is 10.9. The van der Waals surface area contributed by atoms with Gasteiger partial charge in [-0.05, 0) is 31.7 Å². The third-order valence-corrected chi connectivity index (χ3v) is 3.76. The fourth-order valence-electron chi connectivity index (χ4n) is 2.58. The van der Waals surface area contributed by atoms with Gasteiger partial charge in [0, 0.05) is 19.1 Å². The summed E-state index contributed by atoms with van der Waals surface area (Å²) in [7, 11) is 0. The highest BCUT2D eigenvalue weighted by molar-refractivity contribution is 5.83. The predicted molar refractivity (Wildman–Crippen MR) is 59.4 cm³/mol. The van der Waals surface area contributed by atoms with E-state index < -0.39 is 0 Å². The number of hydrogen-bond acceptors (Lipinski definition) is 3. The Bertz CT molecular complexity index is 240. The average molecular weight is 211 g/mol. The number of nitrogens with one attached hydrogen (secondary N) is 1. The molecule has 2 unspecified atom stereocenters. The number of nitrogens with zero attached hydrogens (tertiary/aromatic N) is 1. The molecule has 3 atom stereocenters. The Balaban J connectivity index is 2.01. The normalized spacial score (nSPS) is 36.1. The summed E-state index contributed by atoms with van der Waals surface area (Å²) in [5.74, 6) is 0.816. The molecule has 4 heteroatoms. The number of carbonyl (C=O) groups excluding carboxylic acids is 1. The van der Waals surface area contributed by atoms with Crippen LogP contribution in [-0.4, -0.2) is 42.5 Å². The number of hydrogen-bond donors (Lipinski definition) is 2. The maximum absolute atomic E-state index is 12.1. The monoisotopic (exact) mass is 211 g/mol. The molecule has 2 fully saturated rings. The molecule has 4 nitrogen and oxygen atoms in total. The Hall–Kier alpha value is -0.610. The van der Waals surface area contributed by atoms with Crippen LogP contribution in [-0.2, 0) is 4.79 Å². The molecule has 2 saturated heterocycles. The molecule has 0 aliphatic carbocycles. The summed E-state index contributed by atoms with van der Waals surface area (Å²) in [6, 6.07) is 0.331. The Morgan fingerprint density at radius 2 is 2.27 bits per heavy atom. The smallest absolute Gasteiger partial charge is 0.240 e. The lowest BCUT2D eigenvalue weighted by Gasteiger charge is -2.42. The minimum Gasteiger partial charge on any atom is -0.337 e. The van der Waals surface area contributed by atoms with E-state index in [0.717, 1.165) is 25.9 Å². The summed E-state index contributed by atoms with van der Waals surface area (Å²) in [4.78, 5) is 14.1. The molecule has 0 aromatic carbocycles. The average Bonchev–Trinajstić information content (AvgIpc) is 2.14. The highest BCUT2D eigenvalue weighted by Gasteiger charge is 2.36. The van der Waals surface area contributed by atoms with E-state index in [1.165, 1.54) is 6.42 Å². The van der Waals surface area contributed by atoms with Gasteiger partial charge in [-0.2, -0.15) is 0 Å². The summed E-state index contributed by atoms with van der Waals surface area (Å²) in [6.07, 6.45) is 3.31. The Morgan fingerprint density at radius 1 is 1.53 bits per heavy atom. The van der Waals surface area contributed by atoms with Crippen molar-refractivity contribution in [2.45, 2.75) is 38.3 Å². The van der Waals surface area contributed by atoms with Crippen LogP contribution in [0.2, 0.25) is 0 Å². The minimum atomic E-state index is 0.0735. The third-order valence-electron chi connectivity index (χ3n) is 3.76. The Labute approximate surface area is 91.2 Å². The molecule has 0 aromatic rings. The maximum Gasteiger partial charge on any atom is 0.240 e. The standard InChI is InChI=1S/C11H21N3O/c1-8-3-2-6-14(10(8)7-12)11(15)9-4-5-13-9/h8-10,13H,2-7,12H2,1H3/t8?,9-,10?/m1/s1. The first-order valence-corrected chi connectivity index (χ1v) is 5.98. The number of rotatable bonds is 2. The van der Waals surface area contributed by atoms with Crippen molar-refractivity contribution in [2.75, 3.05) is 19.6 Å². The SMILES string of the molecule is CC1CCCN(C(=O)[C@H]2CCN2)C1CN. The molecule has 3 N–H and O–H groups in total. The van der Waals surface area contributed by atoms with Crippen molar-refractivity contribution in [1.82, 2.24) is 10.2 Å². The number of carbonyl (C=O) groups is 1. The molecule has 0 spiro atoms. The zero-order chi connectivity index (χ0) is 10.8. The van der Waals surface area contributed by atoms with E-state index in [2.05, 4.69) is 12.2 Å². The van der Waals surface area contributed by atoms with Crippen LogP contribution >= 0.6 is 0 Å². The number of likely N-dealkylation sites (tertiary alicyclic amines) is 1. The Kier molecular flexibility index (Phi) is 3.26. The number of nitrogens with two attached hydrogens (primary N) is 1. The van der Waals surface area contributed by atoms with Gasteiger partial charge in [0.05, 0.1) is 6.04 Å². The van der Waals surface area contributed by atoms with Crippen LogP contribution in [0.4, 0.5) is 0 Å². The van der Waals surface area contributed by atoms with Crippen molar-refractivity contribution in [2.24, 2.45) is 11.7 Å². The van der Waals surface area contributed by atoms with E-state index >= 15 is 0 Å². The lowest BCUT2D eigenvalue weighted by atomic mass is 9.89. The fraction of sp³-hybridized carbons (Fsp3) is 0.909. The van der Waals surface area contributed by atoms with Crippen molar-refractivity contribution < 1.29 is 4.79 Å². The van der Waals surface area contributed by atoms with Gasteiger partial charge in [0.1, 0.15) is 0 Å². The zero-order valence-electron chi connectivity index (χ0n) is 9.41. The molecule has 86 valence electrons. The van der Waals surface area contributed by atoms with Crippen LogP contribution in [0.5, 0.6) is 0 Å². The van der Waals surface area contributed by atoms with Gasteiger partial charge in [-0.3, -0.25) is 4.79 Å². The van der Waals surface area contributed by atoms with Crippen molar-refractivity contribution in [3.8, 4) is 0 Å².